The van der Waals surface area contributed by atoms with Crippen LogP contribution in [0.2, 0.25) is 5.02 Å². The summed E-state index contributed by atoms with van der Waals surface area (Å²) in [5, 5.41) is 0.266. The van der Waals surface area contributed by atoms with E-state index in [1.807, 2.05) is 61.5 Å². The molecule has 0 saturated heterocycles. The van der Waals surface area contributed by atoms with E-state index in [1.54, 1.807) is 11.0 Å². The minimum atomic E-state index is -4.11. The average molecular weight is 485 g/mol. The normalized spacial score (nSPS) is 15.5. The molecule has 3 aromatic rings. The van der Waals surface area contributed by atoms with E-state index in [0.717, 1.165) is 23.2 Å². The lowest BCUT2D eigenvalue weighted by atomic mass is 10.1. The Labute approximate surface area is 199 Å². The number of rotatable bonds is 7. The van der Waals surface area contributed by atoms with E-state index in [1.165, 1.54) is 23.5 Å². The molecule has 1 heterocycles. The Morgan fingerprint density at radius 2 is 1.79 bits per heavy atom. The van der Waals surface area contributed by atoms with Gasteiger partial charge in [0.15, 0.2) is 0 Å². The van der Waals surface area contributed by atoms with Crippen LogP contribution in [0, 0.1) is 0 Å². The van der Waals surface area contributed by atoms with Crippen molar-refractivity contribution >= 4 is 33.2 Å². The molecule has 8 heteroatoms. The molecule has 4 rings (SSSR count). The molecule has 0 aromatic heterocycles. The third-order valence-corrected chi connectivity index (χ3v) is 7.78. The number of hydrogen-bond acceptors (Lipinski definition) is 4. The number of halogens is 1. The third-order valence-electron chi connectivity index (χ3n) is 5.73. The summed E-state index contributed by atoms with van der Waals surface area (Å²) in [6, 6.07) is 21.3. The Kier molecular flexibility index (Phi) is 6.74. The van der Waals surface area contributed by atoms with Crippen LogP contribution < -0.4 is 9.64 Å². The van der Waals surface area contributed by atoms with Gasteiger partial charge in [-0.1, -0.05) is 60.1 Å². The van der Waals surface area contributed by atoms with Crippen LogP contribution in [0.4, 0.5) is 5.69 Å². The number of sulfonamides is 1. The first-order chi connectivity index (χ1) is 15.8. The molecule has 172 valence electrons. The highest BCUT2D eigenvalue weighted by Crippen LogP contribution is 2.34. The zero-order chi connectivity index (χ0) is 23.6. The van der Waals surface area contributed by atoms with Crippen LogP contribution in [-0.2, 0) is 27.8 Å². The number of nitrogens with zero attached hydrogens (tertiary/aromatic N) is 2. The molecule has 3 aromatic carbocycles. The largest absolute Gasteiger partial charge is 0.495 e. The molecule has 0 saturated carbocycles. The molecule has 33 heavy (non-hydrogen) atoms. The van der Waals surface area contributed by atoms with Crippen LogP contribution in [0.1, 0.15) is 18.1 Å². The van der Waals surface area contributed by atoms with Crippen LogP contribution in [0.5, 0.6) is 5.75 Å². The summed E-state index contributed by atoms with van der Waals surface area (Å²) >= 11 is 6.12. The number of carbonyl (C=O) groups is 1. The maximum atomic E-state index is 13.8. The number of para-hydroxylation sites is 1. The van der Waals surface area contributed by atoms with Gasteiger partial charge in [-0.15, -0.1) is 0 Å². The molecule has 1 amide bonds. The standard InChI is InChI=1S/C25H25ClN2O4S/c1-18-14-20-10-6-7-11-22(20)28(18)25(29)17-27(16-19-8-4-3-5-9-19)33(30,31)24-15-21(26)12-13-23(24)32-2/h3-13,15,18H,14,16-17H2,1-2H3/t18-/m0/s1. The van der Waals surface area contributed by atoms with E-state index in [-0.39, 0.29) is 40.7 Å². The average Bonchev–Trinajstić information content (AvgIpc) is 3.15. The van der Waals surface area contributed by atoms with Crippen molar-refractivity contribution in [3.63, 3.8) is 0 Å². The minimum Gasteiger partial charge on any atom is -0.495 e. The summed E-state index contributed by atoms with van der Waals surface area (Å²) in [6.45, 7) is 1.69. The highest BCUT2D eigenvalue weighted by molar-refractivity contribution is 7.89. The summed E-state index contributed by atoms with van der Waals surface area (Å²) in [6.07, 6.45) is 0.732. The summed E-state index contributed by atoms with van der Waals surface area (Å²) in [4.78, 5) is 15.1. The predicted molar refractivity (Wildman–Crippen MR) is 129 cm³/mol. The number of fused-ring (bicyclic) bond motifs is 1. The molecule has 0 bridgehead atoms. The number of carbonyl (C=O) groups excluding carboxylic acids is 1. The van der Waals surface area contributed by atoms with Gasteiger partial charge in [-0.25, -0.2) is 8.42 Å². The first kappa shape index (κ1) is 23.3. The molecular weight excluding hydrogens is 460 g/mol. The van der Waals surface area contributed by atoms with Crippen molar-refractivity contribution in [2.75, 3.05) is 18.6 Å². The van der Waals surface area contributed by atoms with Crippen molar-refractivity contribution in [3.05, 3.63) is 88.9 Å². The van der Waals surface area contributed by atoms with E-state index in [4.69, 9.17) is 16.3 Å². The monoisotopic (exact) mass is 484 g/mol. The molecule has 1 aliphatic rings. The van der Waals surface area contributed by atoms with Crippen molar-refractivity contribution < 1.29 is 17.9 Å². The van der Waals surface area contributed by atoms with Gasteiger partial charge >= 0.3 is 0 Å². The maximum Gasteiger partial charge on any atom is 0.247 e. The summed E-state index contributed by atoms with van der Waals surface area (Å²) < 4.78 is 34.0. The maximum absolute atomic E-state index is 13.8. The van der Waals surface area contributed by atoms with E-state index in [2.05, 4.69) is 0 Å². The van der Waals surface area contributed by atoms with Gasteiger partial charge in [0, 0.05) is 23.3 Å². The number of hydrogen-bond donors (Lipinski definition) is 0. The van der Waals surface area contributed by atoms with Gasteiger partial charge in [0.05, 0.1) is 13.7 Å². The Bertz CT molecular complexity index is 1260. The number of ether oxygens (including phenoxy) is 1. The van der Waals surface area contributed by atoms with Crippen LogP contribution in [0.3, 0.4) is 0 Å². The van der Waals surface area contributed by atoms with Gasteiger partial charge in [0.1, 0.15) is 10.6 Å². The Morgan fingerprint density at radius 3 is 2.52 bits per heavy atom. The van der Waals surface area contributed by atoms with E-state index < -0.39 is 10.0 Å². The van der Waals surface area contributed by atoms with Crippen LogP contribution in [0.25, 0.3) is 0 Å². The molecule has 0 spiro atoms. The molecular formula is C25H25ClN2O4S. The van der Waals surface area contributed by atoms with Crippen LogP contribution >= 0.6 is 11.6 Å². The third kappa shape index (κ3) is 4.76. The lowest BCUT2D eigenvalue weighted by Crippen LogP contribution is -2.44. The Morgan fingerprint density at radius 1 is 1.09 bits per heavy atom. The Hall–Kier alpha value is -2.87. The van der Waals surface area contributed by atoms with Crippen LogP contribution in [-0.4, -0.2) is 38.3 Å². The van der Waals surface area contributed by atoms with Crippen molar-refractivity contribution in [2.45, 2.75) is 30.8 Å². The number of methoxy groups -OCH3 is 1. The highest BCUT2D eigenvalue weighted by Gasteiger charge is 2.35. The lowest BCUT2D eigenvalue weighted by molar-refractivity contribution is -0.119. The molecule has 0 unspecified atom stereocenters. The van der Waals surface area contributed by atoms with Crippen molar-refractivity contribution in [3.8, 4) is 5.75 Å². The highest BCUT2D eigenvalue weighted by atomic mass is 35.5. The second kappa shape index (κ2) is 9.55. The van der Waals surface area contributed by atoms with Gasteiger partial charge in [-0.3, -0.25) is 4.79 Å². The summed E-state index contributed by atoms with van der Waals surface area (Å²) in [5.74, 6) is -0.113. The molecule has 1 aliphatic heterocycles. The zero-order valence-electron chi connectivity index (χ0n) is 18.4. The summed E-state index contributed by atoms with van der Waals surface area (Å²) in [7, 11) is -2.71. The van der Waals surface area contributed by atoms with Gasteiger partial charge in [0.25, 0.3) is 0 Å². The second-order valence-corrected chi connectivity index (χ2v) is 10.3. The molecule has 0 N–H and O–H groups in total. The minimum absolute atomic E-state index is 0.0362. The molecule has 0 aliphatic carbocycles. The fourth-order valence-electron chi connectivity index (χ4n) is 4.18. The van der Waals surface area contributed by atoms with Crippen molar-refractivity contribution in [2.24, 2.45) is 0 Å². The van der Waals surface area contributed by atoms with E-state index in [0.29, 0.717) is 0 Å². The smallest absolute Gasteiger partial charge is 0.247 e. The first-order valence-electron chi connectivity index (χ1n) is 10.6. The zero-order valence-corrected chi connectivity index (χ0v) is 20.0. The van der Waals surface area contributed by atoms with E-state index in [9.17, 15) is 13.2 Å². The van der Waals surface area contributed by atoms with Gasteiger partial charge < -0.3 is 9.64 Å². The molecule has 1 atom stereocenters. The quantitative estimate of drug-likeness (QED) is 0.494. The second-order valence-electron chi connectivity index (χ2n) is 8.00. The fraction of sp³-hybridized carbons (Fsp3) is 0.240. The van der Waals surface area contributed by atoms with Gasteiger partial charge in [-0.05, 0) is 48.7 Å². The molecule has 0 fully saturated rings. The first-order valence-corrected chi connectivity index (χ1v) is 12.4. The number of anilines is 1. The topological polar surface area (TPSA) is 66.9 Å². The van der Waals surface area contributed by atoms with Crippen molar-refractivity contribution in [1.29, 1.82) is 0 Å². The van der Waals surface area contributed by atoms with Gasteiger partial charge in [-0.2, -0.15) is 4.31 Å². The fourth-order valence-corrected chi connectivity index (χ4v) is 5.97. The van der Waals surface area contributed by atoms with E-state index >= 15 is 0 Å². The lowest BCUT2D eigenvalue weighted by Gasteiger charge is -2.28. The summed E-state index contributed by atoms with van der Waals surface area (Å²) in [5.41, 5.74) is 2.67. The molecule has 0 radical (unpaired) electrons. The SMILES string of the molecule is COc1ccc(Cl)cc1S(=O)(=O)N(CC(=O)N1c2ccccc2C[C@@H]1C)Cc1ccccc1. The van der Waals surface area contributed by atoms with Gasteiger partial charge in [0.2, 0.25) is 15.9 Å². The molecule has 6 nitrogen and oxygen atoms in total. The number of amides is 1. The predicted octanol–water partition coefficient (Wildman–Crippen LogP) is 4.52. The number of benzene rings is 3. The Balaban J connectivity index is 1.72. The van der Waals surface area contributed by atoms with Crippen molar-refractivity contribution in [1.82, 2.24) is 4.31 Å². The van der Waals surface area contributed by atoms with Crippen LogP contribution in [0.15, 0.2) is 77.7 Å².